The van der Waals surface area contributed by atoms with Crippen molar-refractivity contribution >= 4 is 5.78 Å². The Labute approximate surface area is 88.6 Å². The number of rotatable bonds is 3. The van der Waals surface area contributed by atoms with Crippen molar-refractivity contribution in [3.63, 3.8) is 0 Å². The summed E-state index contributed by atoms with van der Waals surface area (Å²) in [6.07, 6.45) is 0.372. The quantitative estimate of drug-likeness (QED) is 0.759. The van der Waals surface area contributed by atoms with Crippen molar-refractivity contribution in [2.24, 2.45) is 0 Å². The van der Waals surface area contributed by atoms with Crippen LogP contribution in [0.5, 0.6) is 0 Å². The molecule has 1 N–H and O–H groups in total. The number of ether oxygens (including phenoxy) is 1. The molecule has 0 saturated carbocycles. The molecule has 0 spiro atoms. The third kappa shape index (κ3) is 2.67. The van der Waals surface area contributed by atoms with Crippen molar-refractivity contribution in [1.29, 1.82) is 0 Å². The highest BCUT2D eigenvalue weighted by atomic mass is 16.5. The highest BCUT2D eigenvalue weighted by molar-refractivity contribution is 5.93. The molecular formula is C11H15NO3. The Morgan fingerprint density at radius 1 is 1.60 bits per heavy atom. The van der Waals surface area contributed by atoms with Crippen LogP contribution < -0.4 is 5.32 Å². The van der Waals surface area contributed by atoms with Gasteiger partial charge in [-0.15, -0.1) is 0 Å². The maximum Gasteiger partial charge on any atom is 0.200 e. The molecule has 2 rings (SSSR count). The number of nitrogens with one attached hydrogen (secondary N) is 1. The predicted octanol–water partition coefficient (Wildman–Crippen LogP) is 1.15. The number of carbonyl (C=O) groups excluding carboxylic acids is 1. The Morgan fingerprint density at radius 2 is 2.47 bits per heavy atom. The van der Waals surface area contributed by atoms with E-state index in [-0.39, 0.29) is 11.9 Å². The van der Waals surface area contributed by atoms with Crippen molar-refractivity contribution in [2.45, 2.75) is 19.4 Å². The van der Waals surface area contributed by atoms with Gasteiger partial charge in [-0.2, -0.15) is 0 Å². The molecular weight excluding hydrogens is 194 g/mol. The third-order valence-electron chi connectivity index (χ3n) is 2.43. The van der Waals surface area contributed by atoms with E-state index in [0.717, 1.165) is 18.8 Å². The monoisotopic (exact) mass is 209 g/mol. The van der Waals surface area contributed by atoms with E-state index in [1.54, 1.807) is 12.1 Å². The van der Waals surface area contributed by atoms with Crippen LogP contribution in [0, 0.1) is 6.92 Å². The van der Waals surface area contributed by atoms with Crippen molar-refractivity contribution in [3.05, 3.63) is 23.7 Å². The van der Waals surface area contributed by atoms with Crippen molar-refractivity contribution in [3.8, 4) is 0 Å². The van der Waals surface area contributed by atoms with E-state index >= 15 is 0 Å². The van der Waals surface area contributed by atoms with Gasteiger partial charge in [0.15, 0.2) is 5.76 Å². The maximum absolute atomic E-state index is 11.7. The lowest BCUT2D eigenvalue weighted by molar-refractivity contribution is 0.0233. The van der Waals surface area contributed by atoms with Gasteiger partial charge in [0.05, 0.1) is 12.7 Å². The molecule has 4 nitrogen and oxygen atoms in total. The standard InChI is InChI=1S/C11H15NO3/c1-8-2-3-11(15-8)10(13)6-9-7-12-4-5-14-9/h2-3,9,12H,4-7H2,1H3. The first-order chi connectivity index (χ1) is 7.25. The normalized spacial score (nSPS) is 21.5. The molecule has 4 heteroatoms. The largest absolute Gasteiger partial charge is 0.458 e. The number of furan rings is 1. The summed E-state index contributed by atoms with van der Waals surface area (Å²) in [5.74, 6) is 1.21. The summed E-state index contributed by atoms with van der Waals surface area (Å²) in [6, 6.07) is 3.52. The van der Waals surface area contributed by atoms with Crippen LogP contribution in [-0.4, -0.2) is 31.6 Å². The second-order valence-electron chi connectivity index (χ2n) is 3.73. The Hall–Kier alpha value is -1.13. The average Bonchev–Trinajstić information content (AvgIpc) is 2.66. The SMILES string of the molecule is Cc1ccc(C(=O)CC2CNCCO2)o1. The molecule has 1 aromatic rings. The second-order valence-corrected chi connectivity index (χ2v) is 3.73. The minimum Gasteiger partial charge on any atom is -0.458 e. The summed E-state index contributed by atoms with van der Waals surface area (Å²) in [7, 11) is 0. The number of hydrogen-bond acceptors (Lipinski definition) is 4. The molecule has 1 fully saturated rings. The van der Waals surface area contributed by atoms with Gasteiger partial charge in [-0.1, -0.05) is 0 Å². The van der Waals surface area contributed by atoms with Crippen LogP contribution in [0.2, 0.25) is 0 Å². The maximum atomic E-state index is 11.7. The van der Waals surface area contributed by atoms with E-state index in [1.165, 1.54) is 0 Å². The van der Waals surface area contributed by atoms with E-state index in [1.807, 2.05) is 6.92 Å². The molecule has 0 radical (unpaired) electrons. The number of aryl methyl sites for hydroxylation is 1. The summed E-state index contributed by atoms with van der Waals surface area (Å²) in [5, 5.41) is 3.19. The van der Waals surface area contributed by atoms with Crippen LogP contribution in [0.1, 0.15) is 22.7 Å². The van der Waals surface area contributed by atoms with Gasteiger partial charge in [0, 0.05) is 19.5 Å². The fraction of sp³-hybridized carbons (Fsp3) is 0.545. The van der Waals surface area contributed by atoms with Crippen molar-refractivity contribution < 1.29 is 13.9 Å². The van der Waals surface area contributed by atoms with E-state index in [4.69, 9.17) is 9.15 Å². The summed E-state index contributed by atoms with van der Waals surface area (Å²) < 4.78 is 10.7. The van der Waals surface area contributed by atoms with Gasteiger partial charge in [0.1, 0.15) is 5.76 Å². The molecule has 0 aliphatic carbocycles. The van der Waals surface area contributed by atoms with Gasteiger partial charge in [0.2, 0.25) is 5.78 Å². The highest BCUT2D eigenvalue weighted by Crippen LogP contribution is 2.12. The Bertz CT molecular complexity index is 339. The van der Waals surface area contributed by atoms with Crippen LogP contribution in [-0.2, 0) is 4.74 Å². The van der Waals surface area contributed by atoms with E-state index < -0.39 is 0 Å². The number of morpholine rings is 1. The molecule has 1 aliphatic heterocycles. The number of hydrogen-bond donors (Lipinski definition) is 1. The summed E-state index contributed by atoms with van der Waals surface area (Å²) in [5.41, 5.74) is 0. The summed E-state index contributed by atoms with van der Waals surface area (Å²) >= 11 is 0. The van der Waals surface area contributed by atoms with Gasteiger partial charge in [-0.05, 0) is 19.1 Å². The van der Waals surface area contributed by atoms with Crippen molar-refractivity contribution in [1.82, 2.24) is 5.32 Å². The zero-order valence-corrected chi connectivity index (χ0v) is 8.79. The molecule has 0 aromatic carbocycles. The zero-order valence-electron chi connectivity index (χ0n) is 8.79. The molecule has 82 valence electrons. The van der Waals surface area contributed by atoms with Crippen LogP contribution in [0.25, 0.3) is 0 Å². The number of Topliss-reactive ketones (excluding diaryl/α,β-unsaturated/α-hetero) is 1. The molecule has 1 atom stereocenters. The lowest BCUT2D eigenvalue weighted by atomic mass is 10.1. The third-order valence-corrected chi connectivity index (χ3v) is 2.43. The Kier molecular flexibility index (Phi) is 3.18. The fourth-order valence-electron chi connectivity index (χ4n) is 1.64. The van der Waals surface area contributed by atoms with Crippen LogP contribution in [0.4, 0.5) is 0 Å². The zero-order chi connectivity index (χ0) is 10.7. The molecule has 0 bridgehead atoms. The molecule has 0 amide bonds. The molecule has 1 aromatic heterocycles. The molecule has 1 saturated heterocycles. The lowest BCUT2D eigenvalue weighted by Gasteiger charge is -2.22. The van der Waals surface area contributed by atoms with E-state index in [9.17, 15) is 4.79 Å². The topological polar surface area (TPSA) is 51.5 Å². The summed E-state index contributed by atoms with van der Waals surface area (Å²) in [4.78, 5) is 11.7. The number of ketones is 1. The van der Waals surface area contributed by atoms with Crippen LogP contribution >= 0.6 is 0 Å². The van der Waals surface area contributed by atoms with Gasteiger partial charge in [-0.25, -0.2) is 0 Å². The van der Waals surface area contributed by atoms with E-state index in [0.29, 0.717) is 18.8 Å². The van der Waals surface area contributed by atoms with Crippen LogP contribution in [0.15, 0.2) is 16.5 Å². The first-order valence-corrected chi connectivity index (χ1v) is 5.17. The van der Waals surface area contributed by atoms with Gasteiger partial charge in [0.25, 0.3) is 0 Å². The van der Waals surface area contributed by atoms with Crippen molar-refractivity contribution in [2.75, 3.05) is 19.7 Å². The lowest BCUT2D eigenvalue weighted by Crippen LogP contribution is -2.39. The highest BCUT2D eigenvalue weighted by Gasteiger charge is 2.19. The van der Waals surface area contributed by atoms with Gasteiger partial charge in [-0.3, -0.25) is 4.79 Å². The number of carbonyl (C=O) groups is 1. The first-order valence-electron chi connectivity index (χ1n) is 5.17. The minimum absolute atomic E-state index is 0.0109. The first kappa shape index (κ1) is 10.4. The van der Waals surface area contributed by atoms with Crippen LogP contribution in [0.3, 0.4) is 0 Å². The fourth-order valence-corrected chi connectivity index (χ4v) is 1.64. The predicted molar refractivity (Wildman–Crippen MR) is 55.0 cm³/mol. The van der Waals surface area contributed by atoms with Gasteiger partial charge < -0.3 is 14.5 Å². The second kappa shape index (κ2) is 4.59. The molecule has 2 heterocycles. The smallest absolute Gasteiger partial charge is 0.200 e. The average molecular weight is 209 g/mol. The minimum atomic E-state index is -0.0170. The van der Waals surface area contributed by atoms with Gasteiger partial charge >= 0.3 is 0 Å². The Morgan fingerprint density at radius 3 is 3.07 bits per heavy atom. The molecule has 1 aliphatic rings. The molecule has 1 unspecified atom stereocenters. The Balaban J connectivity index is 1.91. The summed E-state index contributed by atoms with van der Waals surface area (Å²) in [6.45, 7) is 4.11. The molecule has 15 heavy (non-hydrogen) atoms. The van der Waals surface area contributed by atoms with E-state index in [2.05, 4.69) is 5.32 Å².